The van der Waals surface area contributed by atoms with Gasteiger partial charge in [0.15, 0.2) is 0 Å². The van der Waals surface area contributed by atoms with E-state index >= 15 is 0 Å². The molecule has 0 amide bonds. The van der Waals surface area contributed by atoms with Crippen LogP contribution in [0.4, 0.5) is 0 Å². The van der Waals surface area contributed by atoms with E-state index in [2.05, 4.69) is 0 Å². The third kappa shape index (κ3) is 61.6. The zero-order valence-corrected chi connectivity index (χ0v) is 7.71. The van der Waals surface area contributed by atoms with Crippen molar-refractivity contribution in [3.05, 3.63) is 0 Å². The predicted molar refractivity (Wildman–Crippen MR) is 36.6 cm³/mol. The molecule has 0 bridgehead atoms. The van der Waals surface area contributed by atoms with E-state index in [4.69, 9.17) is 37.3 Å². The molecular weight excluding hydrogens is 271 g/mol. The van der Waals surface area contributed by atoms with Crippen molar-refractivity contribution in [1.82, 2.24) is 0 Å². The number of carboxylic acids is 2. The third-order valence-electron chi connectivity index (χ3n) is 0.183. The number of hydrogen-bond acceptors (Lipinski definition) is 4. The molecule has 11 heteroatoms. The van der Waals surface area contributed by atoms with Crippen LogP contribution in [-0.2, 0) is 41.7 Å². The topological polar surface area (TPSA) is 149 Å². The molecule has 0 aliphatic rings. The molecule has 0 atom stereocenters. The van der Waals surface area contributed by atoms with E-state index < -0.39 is 22.3 Å². The SMILES string of the molecule is O=C(O)C(=O)O.O=S(=O)(O)O.[KH].[Ti]. The number of rotatable bonds is 0. The summed E-state index contributed by atoms with van der Waals surface area (Å²) in [5.41, 5.74) is 0. The first-order chi connectivity index (χ1) is 4.64. The Balaban J connectivity index is -0.0000000546. The van der Waals surface area contributed by atoms with Gasteiger partial charge in [-0.2, -0.15) is 8.42 Å². The molecule has 0 aliphatic heterocycles. The maximum absolute atomic E-state index is 9.10. The van der Waals surface area contributed by atoms with Gasteiger partial charge in [-0.15, -0.1) is 0 Å². The van der Waals surface area contributed by atoms with Gasteiger partial charge in [0.25, 0.3) is 0 Å². The van der Waals surface area contributed by atoms with E-state index in [-0.39, 0.29) is 73.1 Å². The maximum Gasteiger partial charge on any atom is 0 e. The Bertz CT molecular complexity index is 225. The Morgan fingerprint density at radius 3 is 1.00 bits per heavy atom. The molecule has 0 saturated heterocycles. The minimum Gasteiger partial charge on any atom is 0 e. The van der Waals surface area contributed by atoms with Crippen LogP contribution < -0.4 is 0 Å². The normalized spacial score (nSPS) is 7.85. The van der Waals surface area contributed by atoms with Crippen LogP contribution in [-0.4, -0.2) is 91.1 Å². The summed E-state index contributed by atoms with van der Waals surface area (Å²) in [4.78, 5) is 18.2. The monoisotopic (exact) mass is 276 g/mol. The second kappa shape index (κ2) is 11.2. The molecule has 0 fully saturated rings. The summed E-state index contributed by atoms with van der Waals surface area (Å²) in [6.45, 7) is 0. The van der Waals surface area contributed by atoms with Crippen molar-refractivity contribution in [2.75, 3.05) is 0 Å². The Kier molecular flexibility index (Phi) is 20.5. The van der Waals surface area contributed by atoms with Crippen LogP contribution in [0.3, 0.4) is 0 Å². The Labute approximate surface area is 131 Å². The van der Waals surface area contributed by atoms with E-state index in [0.29, 0.717) is 0 Å². The zero-order chi connectivity index (χ0) is 9.65. The molecule has 0 aliphatic carbocycles. The van der Waals surface area contributed by atoms with Gasteiger partial charge in [0, 0.05) is 21.7 Å². The van der Waals surface area contributed by atoms with Gasteiger partial charge >= 0.3 is 73.7 Å². The van der Waals surface area contributed by atoms with Crippen molar-refractivity contribution in [3.8, 4) is 0 Å². The number of hydrogen-bond donors (Lipinski definition) is 4. The van der Waals surface area contributed by atoms with Gasteiger partial charge in [-0.1, -0.05) is 0 Å². The third-order valence-corrected chi connectivity index (χ3v) is 0.183. The van der Waals surface area contributed by atoms with Crippen LogP contribution in [0, 0.1) is 0 Å². The molecule has 0 unspecified atom stereocenters. The molecule has 0 saturated carbocycles. The summed E-state index contributed by atoms with van der Waals surface area (Å²) < 4.78 is 31.6. The van der Waals surface area contributed by atoms with Crippen molar-refractivity contribution < 1.29 is 59.0 Å². The average molecular weight is 276 g/mol. The first-order valence-electron chi connectivity index (χ1n) is 1.80. The standard InChI is InChI=1S/C2H2O4.K.H2O4S.Ti.H/c3-1(4)2(5)6;;1-5(2,3)4;;/h(H,3,4)(H,5,6);;(H2,1,2,3,4);;. The van der Waals surface area contributed by atoms with Gasteiger partial charge in [0.1, 0.15) is 0 Å². The molecule has 72 valence electrons. The van der Waals surface area contributed by atoms with Gasteiger partial charge in [0.05, 0.1) is 0 Å². The average Bonchev–Trinajstić information content (AvgIpc) is 1.59. The van der Waals surface area contributed by atoms with E-state index in [9.17, 15) is 0 Å². The van der Waals surface area contributed by atoms with Crippen molar-refractivity contribution in [2.24, 2.45) is 0 Å². The van der Waals surface area contributed by atoms with Gasteiger partial charge in [0.2, 0.25) is 0 Å². The minimum absolute atomic E-state index is 0. The summed E-state index contributed by atoms with van der Waals surface area (Å²) in [6, 6.07) is 0. The fraction of sp³-hybridized carbons (Fsp3) is 0. The first kappa shape index (κ1) is 23.8. The molecule has 13 heavy (non-hydrogen) atoms. The van der Waals surface area contributed by atoms with Crippen LogP contribution in [0.5, 0.6) is 0 Å². The van der Waals surface area contributed by atoms with E-state index in [1.165, 1.54) is 0 Å². The fourth-order valence-electron chi connectivity index (χ4n) is 0. The van der Waals surface area contributed by atoms with Crippen molar-refractivity contribution in [1.29, 1.82) is 0 Å². The first-order valence-corrected chi connectivity index (χ1v) is 3.20. The molecule has 0 heterocycles. The van der Waals surface area contributed by atoms with Crippen LogP contribution >= 0.6 is 0 Å². The summed E-state index contributed by atoms with van der Waals surface area (Å²) in [7, 11) is -4.67. The summed E-state index contributed by atoms with van der Waals surface area (Å²) in [6.07, 6.45) is 0. The van der Waals surface area contributed by atoms with Crippen LogP contribution in [0.2, 0.25) is 0 Å². The molecule has 0 radical (unpaired) electrons. The Morgan fingerprint density at radius 2 is 1.00 bits per heavy atom. The Hall–Kier alpha value is 1.16. The molecule has 0 aromatic heterocycles. The molecule has 0 rings (SSSR count). The fourth-order valence-corrected chi connectivity index (χ4v) is 0. The van der Waals surface area contributed by atoms with Gasteiger partial charge < -0.3 is 10.2 Å². The smallest absolute Gasteiger partial charge is 0 e. The quantitative estimate of drug-likeness (QED) is 0.222. The maximum atomic E-state index is 9.10. The van der Waals surface area contributed by atoms with E-state index in [1.807, 2.05) is 0 Å². The van der Waals surface area contributed by atoms with Gasteiger partial charge in [-0.3, -0.25) is 9.11 Å². The summed E-state index contributed by atoms with van der Waals surface area (Å²) >= 11 is 0. The number of aliphatic carboxylic acids is 2. The van der Waals surface area contributed by atoms with E-state index in [1.54, 1.807) is 0 Å². The molecular formula is C2H5KO8STi. The van der Waals surface area contributed by atoms with Gasteiger partial charge in [-0.05, 0) is 0 Å². The molecule has 0 aromatic carbocycles. The number of carbonyl (C=O) groups is 2. The minimum atomic E-state index is -4.67. The molecule has 0 aromatic rings. The van der Waals surface area contributed by atoms with Crippen molar-refractivity contribution in [2.45, 2.75) is 0 Å². The zero-order valence-electron chi connectivity index (χ0n) is 5.33. The molecule has 0 spiro atoms. The predicted octanol–water partition coefficient (Wildman–Crippen LogP) is -2.15. The van der Waals surface area contributed by atoms with Gasteiger partial charge in [-0.25, -0.2) is 9.59 Å². The van der Waals surface area contributed by atoms with Crippen LogP contribution in [0.1, 0.15) is 0 Å². The number of carboxylic acid groups (broad SMARTS) is 2. The van der Waals surface area contributed by atoms with E-state index in [0.717, 1.165) is 0 Å². The largest absolute Gasteiger partial charge is 0 e. The van der Waals surface area contributed by atoms with Crippen molar-refractivity contribution >= 4 is 73.7 Å². The molecule has 4 N–H and O–H groups in total. The second-order valence-corrected chi connectivity index (χ2v) is 1.95. The molecule has 8 nitrogen and oxygen atoms in total. The Morgan fingerprint density at radius 1 is 0.923 bits per heavy atom. The van der Waals surface area contributed by atoms with Crippen LogP contribution in [0.25, 0.3) is 0 Å². The summed E-state index contributed by atoms with van der Waals surface area (Å²) in [5, 5.41) is 14.8. The summed E-state index contributed by atoms with van der Waals surface area (Å²) in [5.74, 6) is -3.65. The van der Waals surface area contributed by atoms with Crippen LogP contribution in [0.15, 0.2) is 0 Å². The van der Waals surface area contributed by atoms with Crippen molar-refractivity contribution in [3.63, 3.8) is 0 Å². The second-order valence-electron chi connectivity index (χ2n) is 1.06.